The van der Waals surface area contributed by atoms with Gasteiger partial charge in [0.1, 0.15) is 18.4 Å². The third-order valence-corrected chi connectivity index (χ3v) is 4.67. The molecule has 1 fully saturated rings. The maximum absolute atomic E-state index is 11.9. The van der Waals surface area contributed by atoms with E-state index in [0.717, 1.165) is 50.7 Å². The lowest BCUT2D eigenvalue weighted by atomic mass is 10.2. The summed E-state index contributed by atoms with van der Waals surface area (Å²) in [5, 5.41) is 6.61. The predicted molar refractivity (Wildman–Crippen MR) is 116 cm³/mol. The first-order valence-corrected chi connectivity index (χ1v) is 10.2. The smallest absolute Gasteiger partial charge is 0.243 e. The fourth-order valence-corrected chi connectivity index (χ4v) is 2.81. The number of hydrogen-bond acceptors (Lipinski definition) is 5. The van der Waals surface area contributed by atoms with Crippen molar-refractivity contribution >= 4 is 11.9 Å². The van der Waals surface area contributed by atoms with Gasteiger partial charge >= 0.3 is 0 Å². The van der Waals surface area contributed by atoms with E-state index in [1.807, 2.05) is 38.1 Å². The van der Waals surface area contributed by atoms with Crippen LogP contribution in [0.1, 0.15) is 12.5 Å². The van der Waals surface area contributed by atoms with Gasteiger partial charge in [0, 0.05) is 40.3 Å². The van der Waals surface area contributed by atoms with Crippen molar-refractivity contribution in [2.24, 2.45) is 4.99 Å². The number of nitrogens with zero attached hydrogens (tertiary/aromatic N) is 3. The highest BCUT2D eigenvalue weighted by atomic mass is 16.5. The third-order valence-electron chi connectivity index (χ3n) is 4.67. The number of likely N-dealkylation sites (N-methyl/N-ethyl adjacent to an activating group) is 1. The highest BCUT2D eigenvalue weighted by molar-refractivity contribution is 5.84. The Labute approximate surface area is 174 Å². The predicted octanol–water partition coefficient (Wildman–Crippen LogP) is 0.718. The van der Waals surface area contributed by atoms with Gasteiger partial charge in [-0.15, -0.1) is 0 Å². The van der Waals surface area contributed by atoms with E-state index in [1.165, 1.54) is 0 Å². The Balaban J connectivity index is 1.85. The first-order chi connectivity index (χ1) is 14.0. The minimum Gasteiger partial charge on any atom is -0.489 e. The maximum atomic E-state index is 11.9. The second-order valence-corrected chi connectivity index (χ2v) is 7.41. The van der Waals surface area contributed by atoms with Crippen LogP contribution in [0.2, 0.25) is 0 Å². The van der Waals surface area contributed by atoms with Crippen molar-refractivity contribution < 1.29 is 14.3 Å². The van der Waals surface area contributed by atoms with Crippen LogP contribution in [0.5, 0.6) is 5.75 Å². The topological polar surface area (TPSA) is 78.4 Å². The van der Waals surface area contributed by atoms with Gasteiger partial charge in [0.2, 0.25) is 5.91 Å². The Hall–Kier alpha value is -2.32. The zero-order valence-electron chi connectivity index (χ0n) is 18.1. The number of aliphatic imine (C=N–C) groups is 1. The number of carbonyl (C=O) groups is 1. The van der Waals surface area contributed by atoms with Crippen molar-refractivity contribution in [2.75, 3.05) is 66.6 Å². The van der Waals surface area contributed by atoms with Crippen LogP contribution in [0.25, 0.3) is 0 Å². The van der Waals surface area contributed by atoms with E-state index in [2.05, 4.69) is 20.5 Å². The summed E-state index contributed by atoms with van der Waals surface area (Å²) in [5.74, 6) is 1.46. The van der Waals surface area contributed by atoms with Crippen molar-refractivity contribution in [2.45, 2.75) is 20.0 Å². The normalized spacial score (nSPS) is 16.2. The average molecular weight is 406 g/mol. The van der Waals surface area contributed by atoms with Gasteiger partial charge in [-0.2, -0.15) is 0 Å². The average Bonchev–Trinajstić information content (AvgIpc) is 2.71. The molecule has 0 bridgehead atoms. The summed E-state index contributed by atoms with van der Waals surface area (Å²) < 4.78 is 11.4. The van der Waals surface area contributed by atoms with Crippen LogP contribution in [0, 0.1) is 6.92 Å². The molecule has 1 saturated heterocycles. The Kier molecular flexibility index (Phi) is 9.73. The van der Waals surface area contributed by atoms with E-state index >= 15 is 0 Å². The molecule has 1 atom stereocenters. The molecule has 8 heteroatoms. The minimum atomic E-state index is -0.0492. The summed E-state index contributed by atoms with van der Waals surface area (Å²) in [7, 11) is 3.46. The third kappa shape index (κ3) is 8.70. The summed E-state index contributed by atoms with van der Waals surface area (Å²) in [6.07, 6.45) is -0.0492. The quantitative estimate of drug-likeness (QED) is 0.466. The number of nitrogens with one attached hydrogen (secondary N) is 2. The van der Waals surface area contributed by atoms with Gasteiger partial charge in [-0.1, -0.05) is 18.2 Å². The van der Waals surface area contributed by atoms with Crippen molar-refractivity contribution in [1.82, 2.24) is 20.4 Å². The zero-order chi connectivity index (χ0) is 21.1. The number of morpholine rings is 1. The fraction of sp³-hybridized carbons (Fsp3) is 0.619. The summed E-state index contributed by atoms with van der Waals surface area (Å²) >= 11 is 0. The van der Waals surface area contributed by atoms with E-state index in [0.29, 0.717) is 12.5 Å². The molecule has 1 amide bonds. The monoisotopic (exact) mass is 405 g/mol. The van der Waals surface area contributed by atoms with Crippen molar-refractivity contribution in [1.29, 1.82) is 0 Å². The number of rotatable bonds is 9. The second kappa shape index (κ2) is 12.3. The first kappa shape index (κ1) is 23.0. The molecule has 8 nitrogen and oxygen atoms in total. The van der Waals surface area contributed by atoms with Gasteiger partial charge < -0.3 is 25.0 Å². The van der Waals surface area contributed by atoms with Gasteiger partial charge in [-0.3, -0.25) is 9.69 Å². The van der Waals surface area contributed by atoms with Gasteiger partial charge in [-0.25, -0.2) is 4.99 Å². The number of hydrogen-bond donors (Lipinski definition) is 2. The lowest BCUT2D eigenvalue weighted by molar-refractivity contribution is -0.127. The van der Waals surface area contributed by atoms with Crippen LogP contribution in [-0.4, -0.2) is 94.3 Å². The van der Waals surface area contributed by atoms with Crippen molar-refractivity contribution in [3.05, 3.63) is 29.8 Å². The Morgan fingerprint density at radius 3 is 2.69 bits per heavy atom. The largest absolute Gasteiger partial charge is 0.489 e. The number of aryl methyl sites for hydroxylation is 1. The Bertz CT molecular complexity index is 659. The molecule has 0 radical (unpaired) electrons. The molecule has 0 spiro atoms. The molecule has 1 aliphatic rings. The van der Waals surface area contributed by atoms with Crippen LogP contribution in [0.3, 0.4) is 0 Å². The Morgan fingerprint density at radius 1 is 1.28 bits per heavy atom. The number of carbonyl (C=O) groups excluding carboxylic acids is 1. The molecule has 162 valence electrons. The number of benzene rings is 1. The standard InChI is InChI=1S/C21H35N5O3/c1-17-7-5-6-8-19(17)29-18(2)15-23-21(24-16-20(27)25(3)4)22-9-10-26-11-13-28-14-12-26/h5-8,18H,9-16H2,1-4H3,(H2,22,23,24). The fourth-order valence-electron chi connectivity index (χ4n) is 2.81. The van der Waals surface area contributed by atoms with E-state index in [4.69, 9.17) is 9.47 Å². The second-order valence-electron chi connectivity index (χ2n) is 7.41. The van der Waals surface area contributed by atoms with Gasteiger partial charge in [0.15, 0.2) is 5.96 Å². The summed E-state index contributed by atoms with van der Waals surface area (Å²) in [6.45, 7) is 9.83. The number of para-hydroxylation sites is 1. The van der Waals surface area contributed by atoms with Gasteiger partial charge in [0.25, 0.3) is 0 Å². The molecule has 1 aliphatic heterocycles. The van der Waals surface area contributed by atoms with Crippen molar-refractivity contribution in [3.8, 4) is 5.75 Å². The molecule has 0 aliphatic carbocycles. The summed E-state index contributed by atoms with van der Waals surface area (Å²) in [5.41, 5.74) is 1.11. The highest BCUT2D eigenvalue weighted by Gasteiger charge is 2.11. The molecular weight excluding hydrogens is 370 g/mol. The lowest BCUT2D eigenvalue weighted by Crippen LogP contribution is -2.46. The molecule has 2 rings (SSSR count). The van der Waals surface area contributed by atoms with Crippen LogP contribution >= 0.6 is 0 Å². The van der Waals surface area contributed by atoms with E-state index < -0.39 is 0 Å². The molecule has 0 aromatic heterocycles. The molecule has 1 heterocycles. The lowest BCUT2D eigenvalue weighted by Gasteiger charge is -2.27. The van der Waals surface area contributed by atoms with Crippen LogP contribution in [0.4, 0.5) is 0 Å². The van der Waals surface area contributed by atoms with Crippen molar-refractivity contribution in [3.63, 3.8) is 0 Å². The van der Waals surface area contributed by atoms with Crippen LogP contribution in [-0.2, 0) is 9.53 Å². The van der Waals surface area contributed by atoms with Crippen LogP contribution in [0.15, 0.2) is 29.3 Å². The van der Waals surface area contributed by atoms with E-state index in [-0.39, 0.29) is 18.6 Å². The number of guanidine groups is 1. The summed E-state index contributed by atoms with van der Waals surface area (Å²) in [6, 6.07) is 7.96. The van der Waals surface area contributed by atoms with Crippen LogP contribution < -0.4 is 15.4 Å². The molecule has 29 heavy (non-hydrogen) atoms. The minimum absolute atomic E-state index is 0.0384. The first-order valence-electron chi connectivity index (χ1n) is 10.2. The molecule has 1 aromatic rings. The molecule has 2 N–H and O–H groups in total. The van der Waals surface area contributed by atoms with Gasteiger partial charge in [-0.05, 0) is 25.5 Å². The molecular formula is C21H35N5O3. The number of amides is 1. The maximum Gasteiger partial charge on any atom is 0.243 e. The van der Waals surface area contributed by atoms with Gasteiger partial charge in [0.05, 0.1) is 19.8 Å². The summed E-state index contributed by atoms with van der Waals surface area (Å²) in [4.78, 5) is 20.2. The Morgan fingerprint density at radius 2 is 2.00 bits per heavy atom. The van der Waals surface area contributed by atoms with E-state index in [9.17, 15) is 4.79 Å². The number of ether oxygens (including phenoxy) is 2. The van der Waals surface area contributed by atoms with E-state index in [1.54, 1.807) is 19.0 Å². The molecule has 1 aromatic carbocycles. The highest BCUT2D eigenvalue weighted by Crippen LogP contribution is 2.17. The zero-order valence-corrected chi connectivity index (χ0v) is 18.1. The SMILES string of the molecule is Cc1ccccc1OC(C)CNC(=NCC(=O)N(C)C)NCCN1CCOCC1. The molecule has 1 unspecified atom stereocenters. The molecule has 0 saturated carbocycles.